The minimum absolute atomic E-state index is 0.0282. The fourth-order valence-corrected chi connectivity index (χ4v) is 2.95. The molecular formula is C20H18N4O6. The van der Waals surface area contributed by atoms with Gasteiger partial charge in [0, 0.05) is 12.6 Å². The average Bonchev–Trinajstić information content (AvgIpc) is 3.36. The fourth-order valence-electron chi connectivity index (χ4n) is 2.95. The highest BCUT2D eigenvalue weighted by atomic mass is 16.6. The van der Waals surface area contributed by atoms with Crippen molar-refractivity contribution in [3.8, 4) is 17.2 Å². The van der Waals surface area contributed by atoms with Gasteiger partial charge in [-0.1, -0.05) is 0 Å². The van der Waals surface area contributed by atoms with Crippen molar-refractivity contribution in [1.82, 2.24) is 19.7 Å². The summed E-state index contributed by atoms with van der Waals surface area (Å²) in [5, 5.41) is 8.02. The van der Waals surface area contributed by atoms with Crippen LogP contribution >= 0.6 is 0 Å². The molecule has 3 aromatic heterocycles. The van der Waals surface area contributed by atoms with Crippen molar-refractivity contribution in [1.29, 1.82) is 0 Å². The van der Waals surface area contributed by atoms with E-state index in [0.717, 1.165) is 0 Å². The minimum Gasteiger partial charge on any atom is -0.497 e. The van der Waals surface area contributed by atoms with Crippen LogP contribution in [-0.2, 0) is 11.8 Å². The van der Waals surface area contributed by atoms with E-state index in [1.54, 1.807) is 45.2 Å². The highest BCUT2D eigenvalue weighted by Crippen LogP contribution is 2.27. The van der Waals surface area contributed by atoms with Gasteiger partial charge in [-0.15, -0.1) is 10.2 Å². The maximum atomic E-state index is 12.8. The minimum atomic E-state index is -0.845. The molecule has 0 aliphatic carbocycles. The first-order chi connectivity index (χ1) is 14.4. The van der Waals surface area contributed by atoms with Crippen LogP contribution in [0.25, 0.3) is 22.6 Å². The third-order valence-corrected chi connectivity index (χ3v) is 4.56. The molecule has 10 nitrogen and oxygen atoms in total. The van der Waals surface area contributed by atoms with Crippen LogP contribution in [0, 0.1) is 6.92 Å². The lowest BCUT2D eigenvalue weighted by Crippen LogP contribution is -2.19. The van der Waals surface area contributed by atoms with Crippen molar-refractivity contribution >= 4 is 17.1 Å². The first kappa shape index (κ1) is 19.4. The van der Waals surface area contributed by atoms with Crippen LogP contribution in [0.2, 0.25) is 0 Å². The van der Waals surface area contributed by atoms with E-state index in [2.05, 4.69) is 15.2 Å². The number of esters is 1. The summed E-state index contributed by atoms with van der Waals surface area (Å²) < 4.78 is 22.9. The zero-order valence-corrected chi connectivity index (χ0v) is 16.7. The molecule has 4 aromatic rings. The van der Waals surface area contributed by atoms with Crippen molar-refractivity contribution in [2.45, 2.75) is 20.0 Å². The molecular weight excluding hydrogens is 392 g/mol. The van der Waals surface area contributed by atoms with Crippen LogP contribution < -0.4 is 10.3 Å². The van der Waals surface area contributed by atoms with Crippen LogP contribution in [0.1, 0.15) is 35.0 Å². The summed E-state index contributed by atoms with van der Waals surface area (Å²) >= 11 is 0. The third-order valence-electron chi connectivity index (χ3n) is 4.56. The number of furan rings is 1. The number of hydrogen-bond donors (Lipinski definition) is 0. The van der Waals surface area contributed by atoms with Gasteiger partial charge in [-0.2, -0.15) is 0 Å². The van der Waals surface area contributed by atoms with E-state index in [0.29, 0.717) is 11.3 Å². The van der Waals surface area contributed by atoms with Crippen molar-refractivity contribution in [3.63, 3.8) is 0 Å². The summed E-state index contributed by atoms with van der Waals surface area (Å²) in [6.07, 6.45) is 0.478. The van der Waals surface area contributed by atoms with Gasteiger partial charge < -0.3 is 22.9 Å². The molecule has 1 atom stereocenters. The number of rotatable bonds is 5. The molecule has 0 amide bonds. The Kier molecular flexibility index (Phi) is 4.82. The lowest BCUT2D eigenvalue weighted by Gasteiger charge is -2.09. The Bertz CT molecular complexity index is 1290. The summed E-state index contributed by atoms with van der Waals surface area (Å²) in [7, 11) is 3.11. The van der Waals surface area contributed by atoms with Gasteiger partial charge >= 0.3 is 5.97 Å². The Hall–Kier alpha value is -3.95. The molecule has 10 heteroatoms. The first-order valence-corrected chi connectivity index (χ1v) is 9.02. The van der Waals surface area contributed by atoms with Crippen molar-refractivity contribution < 1.29 is 23.1 Å². The van der Waals surface area contributed by atoms with Gasteiger partial charge in [-0.3, -0.25) is 4.79 Å². The Morgan fingerprint density at radius 1 is 1.17 bits per heavy atom. The number of aromatic nitrogens is 4. The van der Waals surface area contributed by atoms with Gasteiger partial charge in [0.15, 0.2) is 6.10 Å². The monoisotopic (exact) mass is 410 g/mol. The van der Waals surface area contributed by atoms with Gasteiger partial charge in [0.25, 0.3) is 11.4 Å². The van der Waals surface area contributed by atoms with Crippen LogP contribution in [-0.4, -0.2) is 32.8 Å². The normalized spacial score (nSPS) is 12.1. The van der Waals surface area contributed by atoms with E-state index in [-0.39, 0.29) is 34.2 Å². The number of nitrogens with zero attached hydrogens (tertiary/aromatic N) is 4. The zero-order valence-electron chi connectivity index (χ0n) is 16.7. The molecule has 0 radical (unpaired) electrons. The van der Waals surface area contributed by atoms with Crippen molar-refractivity contribution in [2.75, 3.05) is 7.11 Å². The molecule has 0 bridgehead atoms. The zero-order chi connectivity index (χ0) is 21.4. The molecule has 0 saturated carbocycles. The number of aryl methyl sites for hydroxylation is 2. The van der Waals surface area contributed by atoms with Crippen molar-refractivity contribution in [2.24, 2.45) is 7.05 Å². The summed E-state index contributed by atoms with van der Waals surface area (Å²) in [5.41, 5.74) is 0.394. The van der Waals surface area contributed by atoms with E-state index >= 15 is 0 Å². The molecule has 0 fully saturated rings. The second-order valence-electron chi connectivity index (χ2n) is 6.60. The number of carbonyl (C=O) groups excluding carboxylic acids is 1. The molecule has 3 heterocycles. The van der Waals surface area contributed by atoms with Crippen LogP contribution in [0.5, 0.6) is 5.75 Å². The van der Waals surface area contributed by atoms with E-state index < -0.39 is 17.6 Å². The van der Waals surface area contributed by atoms with Gasteiger partial charge in [0.1, 0.15) is 28.8 Å². The molecule has 1 aromatic carbocycles. The van der Waals surface area contributed by atoms with Gasteiger partial charge in [-0.25, -0.2) is 9.78 Å². The number of carbonyl (C=O) groups is 1. The maximum Gasteiger partial charge on any atom is 0.343 e. The lowest BCUT2D eigenvalue weighted by atomic mass is 10.2. The topological polar surface area (TPSA) is 122 Å². The molecule has 0 aliphatic rings. The van der Waals surface area contributed by atoms with E-state index in [1.165, 1.54) is 17.9 Å². The average molecular weight is 410 g/mol. The maximum absolute atomic E-state index is 12.8. The lowest BCUT2D eigenvalue weighted by molar-refractivity contribution is 0.0280. The fraction of sp³-hybridized carbons (Fsp3) is 0.250. The molecule has 154 valence electrons. The smallest absolute Gasteiger partial charge is 0.343 e. The number of benzene rings is 1. The third kappa shape index (κ3) is 3.32. The molecule has 0 spiro atoms. The molecule has 1 unspecified atom stereocenters. The number of hydrogen-bond acceptors (Lipinski definition) is 9. The number of ether oxygens (including phenoxy) is 2. The van der Waals surface area contributed by atoms with Gasteiger partial charge in [-0.05, 0) is 38.1 Å². The van der Waals surface area contributed by atoms with Crippen LogP contribution in [0.4, 0.5) is 0 Å². The van der Waals surface area contributed by atoms with Gasteiger partial charge in [0.2, 0.25) is 11.6 Å². The summed E-state index contributed by atoms with van der Waals surface area (Å²) in [6.45, 7) is 3.16. The highest BCUT2D eigenvalue weighted by Gasteiger charge is 2.27. The van der Waals surface area contributed by atoms with E-state index in [9.17, 15) is 9.59 Å². The quantitative estimate of drug-likeness (QED) is 0.457. The summed E-state index contributed by atoms with van der Waals surface area (Å²) in [6, 6.07) is 7.08. The molecule has 4 rings (SSSR count). The predicted molar refractivity (Wildman–Crippen MR) is 104 cm³/mol. The standard InChI is InChI=1S/C20H18N4O6/c1-10-14(15-18(28-10)21-9-24(3)19(15)25)20(26)29-11(2)16-22-23-17(30-16)12-5-7-13(27-4)8-6-12/h5-9,11H,1-4H3. The first-order valence-electron chi connectivity index (χ1n) is 9.02. The Morgan fingerprint density at radius 2 is 1.90 bits per heavy atom. The Balaban J connectivity index is 1.58. The highest BCUT2D eigenvalue weighted by molar-refractivity contribution is 6.03. The summed E-state index contributed by atoms with van der Waals surface area (Å²) in [4.78, 5) is 29.2. The SMILES string of the molecule is COc1ccc(-c2nnc(C(C)OC(=O)c3c(C)oc4ncn(C)c(=O)c34)o2)cc1. The van der Waals surface area contributed by atoms with Crippen LogP contribution in [0.3, 0.4) is 0 Å². The van der Waals surface area contributed by atoms with Crippen molar-refractivity contribution in [3.05, 3.63) is 58.2 Å². The molecule has 0 aliphatic heterocycles. The largest absolute Gasteiger partial charge is 0.497 e. The van der Waals surface area contributed by atoms with Crippen LogP contribution in [0.15, 0.2) is 44.2 Å². The van der Waals surface area contributed by atoms with E-state index in [4.69, 9.17) is 18.3 Å². The Labute approximate surface area is 170 Å². The van der Waals surface area contributed by atoms with E-state index in [1.807, 2.05) is 0 Å². The number of methoxy groups -OCH3 is 1. The second-order valence-corrected chi connectivity index (χ2v) is 6.60. The predicted octanol–water partition coefficient (Wildman–Crippen LogP) is 2.81. The molecule has 30 heavy (non-hydrogen) atoms. The Morgan fingerprint density at radius 3 is 2.60 bits per heavy atom. The summed E-state index contributed by atoms with van der Waals surface area (Å²) in [5.74, 6) is 0.587. The second kappa shape index (κ2) is 7.47. The number of fused-ring (bicyclic) bond motifs is 1. The van der Waals surface area contributed by atoms with Gasteiger partial charge in [0.05, 0.1) is 7.11 Å². The molecule has 0 N–H and O–H groups in total. The molecule has 0 saturated heterocycles.